The van der Waals surface area contributed by atoms with E-state index in [1.54, 1.807) is 12.1 Å². The summed E-state index contributed by atoms with van der Waals surface area (Å²) in [5.41, 5.74) is 4.87. The van der Waals surface area contributed by atoms with Crippen molar-refractivity contribution in [2.75, 3.05) is 5.32 Å². The van der Waals surface area contributed by atoms with E-state index < -0.39 is 0 Å². The third-order valence-corrected chi connectivity index (χ3v) is 3.49. The van der Waals surface area contributed by atoms with Crippen molar-refractivity contribution in [2.24, 2.45) is 0 Å². The van der Waals surface area contributed by atoms with Crippen molar-refractivity contribution < 1.29 is 14.3 Å². The van der Waals surface area contributed by atoms with Crippen molar-refractivity contribution in [2.45, 2.75) is 20.3 Å². The van der Waals surface area contributed by atoms with E-state index in [2.05, 4.69) is 5.32 Å². The lowest BCUT2D eigenvalue weighted by atomic mass is 10.0. The maximum absolute atomic E-state index is 11.4. The van der Waals surface area contributed by atoms with Gasteiger partial charge in [0.1, 0.15) is 5.75 Å². The number of fused-ring (bicyclic) bond motifs is 3. The molecule has 0 spiro atoms. The van der Waals surface area contributed by atoms with Crippen LogP contribution in [0.15, 0.2) is 36.4 Å². The maximum Gasteiger partial charge on any atom is 0.308 e. The molecule has 0 heterocycles. The van der Waals surface area contributed by atoms with Gasteiger partial charge in [0.2, 0.25) is 5.91 Å². The molecule has 1 amide bonds. The number of hydrogen-bond acceptors (Lipinski definition) is 3. The van der Waals surface area contributed by atoms with Crippen molar-refractivity contribution in [3.63, 3.8) is 0 Å². The summed E-state index contributed by atoms with van der Waals surface area (Å²) in [6, 6.07) is 11.5. The van der Waals surface area contributed by atoms with E-state index in [1.165, 1.54) is 19.4 Å². The minimum absolute atomic E-state index is 0.123. The van der Waals surface area contributed by atoms with Crippen LogP contribution >= 0.6 is 0 Å². The SMILES string of the molecule is CC(=O)Nc1ccc(OC(C)=O)c2c1-c1ccccc1C2. The zero-order chi connectivity index (χ0) is 15.0. The summed E-state index contributed by atoms with van der Waals surface area (Å²) in [4.78, 5) is 22.6. The average Bonchev–Trinajstić information content (AvgIpc) is 2.80. The molecule has 0 unspecified atom stereocenters. The summed E-state index contributed by atoms with van der Waals surface area (Å²) >= 11 is 0. The molecule has 0 aromatic heterocycles. The number of nitrogens with one attached hydrogen (secondary N) is 1. The molecule has 1 N–H and O–H groups in total. The molecule has 0 atom stereocenters. The summed E-state index contributed by atoms with van der Waals surface area (Å²) in [6.07, 6.45) is 0.696. The number of ether oxygens (including phenoxy) is 1. The minimum Gasteiger partial charge on any atom is -0.426 e. The fraction of sp³-hybridized carbons (Fsp3) is 0.176. The topological polar surface area (TPSA) is 55.4 Å². The van der Waals surface area contributed by atoms with Crippen LogP contribution in [0.4, 0.5) is 5.69 Å². The summed E-state index contributed by atoms with van der Waals surface area (Å²) in [6.45, 7) is 2.86. The van der Waals surface area contributed by atoms with Crippen LogP contribution < -0.4 is 10.1 Å². The average molecular weight is 281 g/mol. The molecule has 1 aliphatic rings. The number of carbonyl (C=O) groups is 2. The third-order valence-electron chi connectivity index (χ3n) is 3.49. The smallest absolute Gasteiger partial charge is 0.308 e. The first kappa shape index (κ1) is 13.4. The number of carbonyl (C=O) groups excluding carboxylic acids is 2. The molecule has 0 radical (unpaired) electrons. The second kappa shape index (κ2) is 5.05. The third kappa shape index (κ3) is 2.40. The van der Waals surface area contributed by atoms with Gasteiger partial charge in [-0.2, -0.15) is 0 Å². The number of esters is 1. The zero-order valence-corrected chi connectivity index (χ0v) is 11.9. The van der Waals surface area contributed by atoms with E-state index in [0.29, 0.717) is 12.2 Å². The Kier molecular flexibility index (Phi) is 3.22. The van der Waals surface area contributed by atoms with E-state index in [1.807, 2.05) is 24.3 Å². The standard InChI is InChI=1S/C17H15NO3/c1-10(19)18-15-7-8-16(21-11(2)20)14-9-12-5-3-4-6-13(12)17(14)15/h3-8H,9H2,1-2H3,(H,18,19). The van der Waals surface area contributed by atoms with E-state index in [0.717, 1.165) is 22.4 Å². The molecule has 0 saturated heterocycles. The summed E-state index contributed by atoms with van der Waals surface area (Å²) < 4.78 is 5.30. The first-order chi connectivity index (χ1) is 10.1. The lowest BCUT2D eigenvalue weighted by molar-refractivity contribution is -0.131. The Morgan fingerprint density at radius 3 is 2.57 bits per heavy atom. The molecule has 4 nitrogen and oxygen atoms in total. The van der Waals surface area contributed by atoms with Crippen molar-refractivity contribution in [1.29, 1.82) is 0 Å². The van der Waals surface area contributed by atoms with Gasteiger partial charge in [-0.1, -0.05) is 24.3 Å². The molecule has 3 rings (SSSR count). The van der Waals surface area contributed by atoms with Gasteiger partial charge in [-0.05, 0) is 23.3 Å². The molecule has 2 aromatic carbocycles. The largest absolute Gasteiger partial charge is 0.426 e. The molecule has 2 aromatic rings. The Labute approximate surface area is 122 Å². The van der Waals surface area contributed by atoms with Crippen LogP contribution in [0.1, 0.15) is 25.0 Å². The predicted molar refractivity (Wildman–Crippen MR) is 80.3 cm³/mol. The van der Waals surface area contributed by atoms with Gasteiger partial charge in [0, 0.05) is 37.1 Å². The number of benzene rings is 2. The van der Waals surface area contributed by atoms with Crippen LogP contribution in [0.25, 0.3) is 11.1 Å². The lowest BCUT2D eigenvalue weighted by Crippen LogP contribution is -2.09. The number of anilines is 1. The van der Waals surface area contributed by atoms with Gasteiger partial charge >= 0.3 is 5.97 Å². The monoisotopic (exact) mass is 281 g/mol. The van der Waals surface area contributed by atoms with Crippen LogP contribution in [0.5, 0.6) is 5.75 Å². The van der Waals surface area contributed by atoms with Crippen LogP contribution in [0.3, 0.4) is 0 Å². The highest BCUT2D eigenvalue weighted by Gasteiger charge is 2.25. The summed E-state index contributed by atoms with van der Waals surface area (Å²) in [7, 11) is 0. The van der Waals surface area contributed by atoms with E-state index in [-0.39, 0.29) is 11.9 Å². The molecule has 0 fully saturated rings. The maximum atomic E-state index is 11.4. The second-order valence-electron chi connectivity index (χ2n) is 5.07. The highest BCUT2D eigenvalue weighted by molar-refractivity contribution is 5.98. The van der Waals surface area contributed by atoms with Crippen LogP contribution in [0, 0.1) is 0 Å². The van der Waals surface area contributed by atoms with E-state index >= 15 is 0 Å². The fourth-order valence-corrected chi connectivity index (χ4v) is 2.76. The quantitative estimate of drug-likeness (QED) is 0.580. The Balaban J connectivity index is 2.18. The van der Waals surface area contributed by atoms with Gasteiger partial charge < -0.3 is 10.1 Å². The highest BCUT2D eigenvalue weighted by Crippen LogP contribution is 2.45. The number of amides is 1. The normalized spacial score (nSPS) is 11.5. The second-order valence-corrected chi connectivity index (χ2v) is 5.07. The number of rotatable bonds is 2. The molecule has 1 aliphatic carbocycles. The van der Waals surface area contributed by atoms with Crippen molar-refractivity contribution in [3.8, 4) is 16.9 Å². The first-order valence-corrected chi connectivity index (χ1v) is 6.76. The molecule has 106 valence electrons. The zero-order valence-electron chi connectivity index (χ0n) is 11.9. The van der Waals surface area contributed by atoms with Crippen molar-refractivity contribution >= 4 is 17.6 Å². The van der Waals surface area contributed by atoms with Crippen molar-refractivity contribution in [3.05, 3.63) is 47.5 Å². The van der Waals surface area contributed by atoms with Gasteiger partial charge in [0.25, 0.3) is 0 Å². The Morgan fingerprint density at radius 2 is 1.86 bits per heavy atom. The van der Waals surface area contributed by atoms with Crippen LogP contribution in [-0.2, 0) is 16.0 Å². The van der Waals surface area contributed by atoms with Gasteiger partial charge in [-0.3, -0.25) is 9.59 Å². The highest BCUT2D eigenvalue weighted by atomic mass is 16.5. The molecular formula is C17H15NO3. The van der Waals surface area contributed by atoms with Crippen LogP contribution in [0.2, 0.25) is 0 Å². The molecule has 0 saturated carbocycles. The summed E-state index contributed by atoms with van der Waals surface area (Å²) in [5.74, 6) is 0.0880. The van der Waals surface area contributed by atoms with Gasteiger partial charge in [0.05, 0.1) is 0 Å². The molecule has 21 heavy (non-hydrogen) atoms. The van der Waals surface area contributed by atoms with Gasteiger partial charge in [-0.25, -0.2) is 0 Å². The predicted octanol–water partition coefficient (Wildman–Crippen LogP) is 3.14. The molecule has 4 heteroatoms. The molecule has 0 bridgehead atoms. The molecular weight excluding hydrogens is 266 g/mol. The van der Waals surface area contributed by atoms with E-state index in [9.17, 15) is 9.59 Å². The molecule has 0 aliphatic heterocycles. The Hall–Kier alpha value is -2.62. The Bertz CT molecular complexity index is 750. The van der Waals surface area contributed by atoms with Gasteiger partial charge in [0.15, 0.2) is 0 Å². The minimum atomic E-state index is -0.347. The first-order valence-electron chi connectivity index (χ1n) is 6.76. The summed E-state index contributed by atoms with van der Waals surface area (Å²) in [5, 5.41) is 2.85. The Morgan fingerprint density at radius 1 is 1.10 bits per heavy atom. The van der Waals surface area contributed by atoms with Crippen molar-refractivity contribution in [1.82, 2.24) is 0 Å². The number of hydrogen-bond donors (Lipinski definition) is 1. The lowest BCUT2D eigenvalue weighted by Gasteiger charge is -2.13. The van der Waals surface area contributed by atoms with E-state index in [4.69, 9.17) is 4.74 Å². The fourth-order valence-electron chi connectivity index (χ4n) is 2.76. The van der Waals surface area contributed by atoms with Gasteiger partial charge in [-0.15, -0.1) is 0 Å². The van der Waals surface area contributed by atoms with Crippen LogP contribution in [-0.4, -0.2) is 11.9 Å².